The van der Waals surface area contributed by atoms with E-state index < -0.39 is 0 Å². The third-order valence-electron chi connectivity index (χ3n) is 3.22. The predicted molar refractivity (Wildman–Crippen MR) is 72.7 cm³/mol. The largest absolute Gasteiger partial charge is 0.313 e. The van der Waals surface area contributed by atoms with Gasteiger partial charge in [-0.1, -0.05) is 18.2 Å². The van der Waals surface area contributed by atoms with Crippen LogP contribution in [-0.2, 0) is 13.1 Å². The van der Waals surface area contributed by atoms with Gasteiger partial charge in [0, 0.05) is 16.6 Å². The molecule has 0 bridgehead atoms. The number of benzene rings is 1. The van der Waals surface area contributed by atoms with E-state index in [1.165, 1.54) is 10.5 Å². The second-order valence-electron chi connectivity index (χ2n) is 4.43. The zero-order valence-electron chi connectivity index (χ0n) is 10.3. The van der Waals surface area contributed by atoms with E-state index in [1.807, 2.05) is 23.5 Å². The normalized spacial score (nSPS) is 17.9. The summed E-state index contributed by atoms with van der Waals surface area (Å²) in [6, 6.07) is 8.66. The lowest BCUT2D eigenvalue weighted by molar-refractivity contribution is 0.516. The predicted octanol–water partition coefficient (Wildman–Crippen LogP) is 1.89. The molecule has 1 aromatic carbocycles. The van der Waals surface area contributed by atoms with Crippen LogP contribution in [0.15, 0.2) is 35.5 Å². The van der Waals surface area contributed by atoms with Crippen molar-refractivity contribution in [2.75, 3.05) is 12.8 Å². The first-order valence-corrected chi connectivity index (χ1v) is 7.10. The van der Waals surface area contributed by atoms with Crippen molar-refractivity contribution in [1.82, 2.24) is 20.1 Å². The Kier molecular flexibility index (Phi) is 3.34. The first kappa shape index (κ1) is 11.7. The monoisotopic (exact) mass is 260 g/mol. The molecule has 0 radical (unpaired) electrons. The Morgan fingerprint density at radius 2 is 2.33 bits per heavy atom. The maximum absolute atomic E-state index is 4.33. The average molecular weight is 260 g/mol. The van der Waals surface area contributed by atoms with E-state index in [-0.39, 0.29) is 0 Å². The number of rotatable bonds is 4. The minimum Gasteiger partial charge on any atom is -0.313 e. The van der Waals surface area contributed by atoms with Gasteiger partial charge in [-0.2, -0.15) is 5.10 Å². The SMILES string of the molecule is CNCc1ncnn1CC1CSc2ccccc21. The third kappa shape index (κ3) is 2.15. The molecule has 0 saturated carbocycles. The molecule has 4 nitrogen and oxygen atoms in total. The molecule has 5 heteroatoms. The van der Waals surface area contributed by atoms with Gasteiger partial charge >= 0.3 is 0 Å². The van der Waals surface area contributed by atoms with E-state index >= 15 is 0 Å². The van der Waals surface area contributed by atoms with E-state index in [0.29, 0.717) is 5.92 Å². The first-order chi connectivity index (χ1) is 8.88. The second kappa shape index (κ2) is 5.12. The third-order valence-corrected chi connectivity index (χ3v) is 4.47. The first-order valence-electron chi connectivity index (χ1n) is 6.11. The average Bonchev–Trinajstić information content (AvgIpc) is 2.99. The second-order valence-corrected chi connectivity index (χ2v) is 5.50. The molecule has 1 N–H and O–H groups in total. The molecule has 94 valence electrons. The molecule has 0 aliphatic carbocycles. The highest BCUT2D eigenvalue weighted by atomic mass is 32.2. The van der Waals surface area contributed by atoms with Gasteiger partial charge in [0.2, 0.25) is 0 Å². The summed E-state index contributed by atoms with van der Waals surface area (Å²) in [7, 11) is 1.93. The van der Waals surface area contributed by atoms with Crippen LogP contribution in [0.5, 0.6) is 0 Å². The maximum Gasteiger partial charge on any atom is 0.140 e. The molecule has 0 fully saturated rings. The zero-order chi connectivity index (χ0) is 12.4. The Morgan fingerprint density at radius 3 is 3.22 bits per heavy atom. The highest BCUT2D eigenvalue weighted by Crippen LogP contribution is 2.39. The molecule has 1 aliphatic heterocycles. The van der Waals surface area contributed by atoms with Gasteiger partial charge in [-0.05, 0) is 18.7 Å². The van der Waals surface area contributed by atoms with Crippen molar-refractivity contribution in [3.63, 3.8) is 0 Å². The summed E-state index contributed by atoms with van der Waals surface area (Å²) in [5, 5.41) is 7.45. The number of fused-ring (bicyclic) bond motifs is 1. The van der Waals surface area contributed by atoms with Crippen molar-refractivity contribution < 1.29 is 0 Å². The van der Waals surface area contributed by atoms with Gasteiger partial charge < -0.3 is 5.32 Å². The molecule has 18 heavy (non-hydrogen) atoms. The van der Waals surface area contributed by atoms with Crippen LogP contribution in [0.4, 0.5) is 0 Å². The molecule has 1 atom stereocenters. The molecule has 1 unspecified atom stereocenters. The van der Waals surface area contributed by atoms with Crippen LogP contribution in [-0.4, -0.2) is 27.6 Å². The van der Waals surface area contributed by atoms with E-state index in [0.717, 1.165) is 24.7 Å². The zero-order valence-corrected chi connectivity index (χ0v) is 11.2. The minimum absolute atomic E-state index is 0.545. The van der Waals surface area contributed by atoms with Gasteiger partial charge in [-0.15, -0.1) is 11.8 Å². The quantitative estimate of drug-likeness (QED) is 0.911. The molecular formula is C13H16N4S. The van der Waals surface area contributed by atoms with Gasteiger partial charge in [0.1, 0.15) is 12.2 Å². The number of hydrogen-bond acceptors (Lipinski definition) is 4. The summed E-state index contributed by atoms with van der Waals surface area (Å²) in [4.78, 5) is 5.70. The number of hydrogen-bond donors (Lipinski definition) is 1. The summed E-state index contributed by atoms with van der Waals surface area (Å²) in [6.45, 7) is 1.68. The van der Waals surface area contributed by atoms with Crippen LogP contribution >= 0.6 is 11.8 Å². The molecule has 2 aromatic rings. The van der Waals surface area contributed by atoms with E-state index in [9.17, 15) is 0 Å². The van der Waals surface area contributed by atoms with Crippen molar-refractivity contribution in [2.45, 2.75) is 23.9 Å². The van der Waals surface area contributed by atoms with Crippen LogP contribution in [0.1, 0.15) is 17.3 Å². The van der Waals surface area contributed by atoms with Crippen LogP contribution in [0.2, 0.25) is 0 Å². The molecule has 2 heterocycles. The number of nitrogens with zero attached hydrogens (tertiary/aromatic N) is 3. The van der Waals surface area contributed by atoms with Crippen molar-refractivity contribution >= 4 is 11.8 Å². The molecular weight excluding hydrogens is 244 g/mol. The summed E-state index contributed by atoms with van der Waals surface area (Å²) in [5.74, 6) is 2.69. The van der Waals surface area contributed by atoms with Crippen molar-refractivity contribution in [3.8, 4) is 0 Å². The highest BCUT2D eigenvalue weighted by molar-refractivity contribution is 7.99. The smallest absolute Gasteiger partial charge is 0.140 e. The molecule has 0 spiro atoms. The van der Waals surface area contributed by atoms with Gasteiger partial charge in [0.15, 0.2) is 0 Å². The Bertz CT molecular complexity index is 537. The van der Waals surface area contributed by atoms with Gasteiger partial charge in [0.25, 0.3) is 0 Å². The van der Waals surface area contributed by atoms with Crippen molar-refractivity contribution in [2.24, 2.45) is 0 Å². The fraction of sp³-hybridized carbons (Fsp3) is 0.385. The molecule has 1 aromatic heterocycles. The van der Waals surface area contributed by atoms with E-state index in [4.69, 9.17) is 0 Å². The summed E-state index contributed by atoms with van der Waals surface area (Å²) in [6.07, 6.45) is 1.64. The number of thioether (sulfide) groups is 1. The Balaban J connectivity index is 1.80. The lowest BCUT2D eigenvalue weighted by atomic mass is 10.0. The van der Waals surface area contributed by atoms with E-state index in [1.54, 1.807) is 6.33 Å². The van der Waals surface area contributed by atoms with Crippen LogP contribution < -0.4 is 5.32 Å². The molecule has 1 aliphatic rings. The molecule has 0 amide bonds. The van der Waals surface area contributed by atoms with E-state index in [2.05, 4.69) is 39.7 Å². The van der Waals surface area contributed by atoms with Gasteiger partial charge in [-0.3, -0.25) is 0 Å². The summed E-state index contributed by atoms with van der Waals surface area (Å²) in [5.41, 5.74) is 1.45. The Labute approximate surface area is 111 Å². The summed E-state index contributed by atoms with van der Waals surface area (Å²) < 4.78 is 2.02. The number of nitrogens with one attached hydrogen (secondary N) is 1. The highest BCUT2D eigenvalue weighted by Gasteiger charge is 2.23. The minimum atomic E-state index is 0.545. The fourth-order valence-electron chi connectivity index (χ4n) is 2.32. The lowest BCUT2D eigenvalue weighted by Gasteiger charge is -2.12. The molecule has 3 rings (SSSR count). The standard InChI is InChI=1S/C13H16N4S/c1-14-6-13-15-9-16-17(13)7-10-8-18-12-5-3-2-4-11(10)12/h2-5,9-10,14H,6-8H2,1H3. The topological polar surface area (TPSA) is 42.7 Å². The Morgan fingerprint density at radius 1 is 1.44 bits per heavy atom. The molecule has 0 saturated heterocycles. The lowest BCUT2D eigenvalue weighted by Crippen LogP contribution is -2.17. The maximum atomic E-state index is 4.33. The van der Waals surface area contributed by atoms with Crippen molar-refractivity contribution in [1.29, 1.82) is 0 Å². The number of aromatic nitrogens is 3. The Hall–Kier alpha value is -1.33. The van der Waals surface area contributed by atoms with Crippen LogP contribution in [0, 0.1) is 0 Å². The fourth-order valence-corrected chi connectivity index (χ4v) is 3.57. The summed E-state index contributed by atoms with van der Waals surface area (Å²) >= 11 is 1.94. The van der Waals surface area contributed by atoms with Gasteiger partial charge in [0.05, 0.1) is 13.1 Å². The van der Waals surface area contributed by atoms with Crippen molar-refractivity contribution in [3.05, 3.63) is 42.0 Å². The van der Waals surface area contributed by atoms with Crippen LogP contribution in [0.25, 0.3) is 0 Å². The van der Waals surface area contributed by atoms with Crippen LogP contribution in [0.3, 0.4) is 0 Å². The van der Waals surface area contributed by atoms with Gasteiger partial charge in [-0.25, -0.2) is 9.67 Å².